The number of nitrogens with one attached hydrogen (secondary N) is 1. The number of carbonyl (C=O) groups excluding carboxylic acids is 2. The van der Waals surface area contributed by atoms with Crippen molar-refractivity contribution in [3.8, 4) is 0 Å². The molecule has 5 heteroatoms. The van der Waals surface area contributed by atoms with E-state index >= 15 is 0 Å². The van der Waals surface area contributed by atoms with Gasteiger partial charge in [-0.1, -0.05) is 39.5 Å². The summed E-state index contributed by atoms with van der Waals surface area (Å²) in [5.41, 5.74) is 0. The molecule has 108 valence electrons. The molecule has 1 N–H and O–H groups in total. The molecule has 0 bridgehead atoms. The summed E-state index contributed by atoms with van der Waals surface area (Å²) in [6, 6.07) is 0. The standard InChI is InChI=1S/C12H22NO3.C2H6.K/c1-12(15)10-16-9-7-5-3-2-4-6-8-13-11-14;1-2;/h2-10H2,1H3,(H,13,14);1-2H3;/q-1;;+1. The van der Waals surface area contributed by atoms with Crippen LogP contribution < -0.4 is 56.7 Å². The Labute approximate surface area is 160 Å². The maximum Gasteiger partial charge on any atom is 1.00 e. The number of hydrogen-bond donors (Lipinski definition) is 1. The molecule has 1 amide bonds. The molecule has 0 heterocycles. The van der Waals surface area contributed by atoms with Crippen molar-refractivity contribution >= 4 is 12.2 Å². The summed E-state index contributed by atoms with van der Waals surface area (Å²) in [5.74, 6) is 0.0829. The van der Waals surface area contributed by atoms with Crippen molar-refractivity contribution in [2.24, 2.45) is 0 Å². The van der Waals surface area contributed by atoms with Gasteiger partial charge in [0.15, 0.2) is 5.78 Å². The first kappa shape index (κ1) is 24.7. The Bertz CT molecular complexity index is 190. The van der Waals surface area contributed by atoms with E-state index in [4.69, 9.17) is 4.74 Å². The molecule has 0 rings (SSSR count). The van der Waals surface area contributed by atoms with Crippen molar-refractivity contribution in [2.45, 2.75) is 59.3 Å². The Morgan fingerprint density at radius 3 is 2.11 bits per heavy atom. The van der Waals surface area contributed by atoms with Gasteiger partial charge in [0.25, 0.3) is 0 Å². The normalized spacial score (nSPS) is 8.79. The van der Waals surface area contributed by atoms with E-state index < -0.39 is 0 Å². The average molecular weight is 297 g/mol. The van der Waals surface area contributed by atoms with Gasteiger partial charge in [-0.05, 0) is 26.3 Å². The van der Waals surface area contributed by atoms with Crippen LogP contribution in [0.1, 0.15) is 59.3 Å². The molecule has 0 aliphatic carbocycles. The van der Waals surface area contributed by atoms with Gasteiger partial charge in [-0.3, -0.25) is 4.79 Å². The zero-order valence-electron chi connectivity index (χ0n) is 13.1. The molecule has 0 spiro atoms. The molecule has 0 atom stereocenters. The number of ether oxygens (including phenoxy) is 1. The third-order valence-electron chi connectivity index (χ3n) is 2.22. The van der Waals surface area contributed by atoms with Crippen molar-refractivity contribution in [1.29, 1.82) is 0 Å². The minimum absolute atomic E-state index is 0. The van der Waals surface area contributed by atoms with Crippen LogP contribution in [-0.4, -0.2) is 32.0 Å². The van der Waals surface area contributed by atoms with E-state index in [-0.39, 0.29) is 63.8 Å². The van der Waals surface area contributed by atoms with Crippen LogP contribution in [0.15, 0.2) is 0 Å². The summed E-state index contributed by atoms with van der Waals surface area (Å²) in [6.45, 7) is 7.19. The Balaban J connectivity index is -0.000000809. The first-order valence-electron chi connectivity index (χ1n) is 6.94. The second-order valence-corrected chi connectivity index (χ2v) is 3.90. The molecule has 0 aliphatic heterocycles. The molecule has 0 fully saturated rings. The molecule has 4 nitrogen and oxygen atoms in total. The first-order valence-corrected chi connectivity index (χ1v) is 6.94. The summed E-state index contributed by atoms with van der Waals surface area (Å²) in [7, 11) is 0. The molecule has 0 saturated carbocycles. The monoisotopic (exact) mass is 297 g/mol. The van der Waals surface area contributed by atoms with Gasteiger partial charge in [0.05, 0.1) is 0 Å². The number of carbonyl (C=O) groups is 1. The molecular formula is C14H28KNO3. The average Bonchev–Trinajstić information content (AvgIpc) is 2.38. The molecular weight excluding hydrogens is 269 g/mol. The predicted molar refractivity (Wildman–Crippen MR) is 74.2 cm³/mol. The number of amides is 1. The number of ketones is 1. The fraction of sp³-hybridized carbons (Fsp3) is 0.857. The Hall–Kier alpha value is 0.736. The van der Waals surface area contributed by atoms with Crippen LogP contribution in [0.4, 0.5) is 0 Å². The fourth-order valence-electron chi connectivity index (χ4n) is 1.39. The number of rotatable bonds is 12. The van der Waals surface area contributed by atoms with Gasteiger partial charge < -0.3 is 14.8 Å². The molecule has 0 aromatic heterocycles. The minimum Gasteiger partial charge on any atom is -0.530 e. The smallest absolute Gasteiger partial charge is 0.530 e. The predicted octanol–water partition coefficient (Wildman–Crippen LogP) is -0.380. The van der Waals surface area contributed by atoms with Crippen molar-refractivity contribution in [3.63, 3.8) is 0 Å². The van der Waals surface area contributed by atoms with Crippen LogP contribution in [0, 0.1) is 0 Å². The van der Waals surface area contributed by atoms with Gasteiger partial charge in [0, 0.05) is 6.61 Å². The van der Waals surface area contributed by atoms with Gasteiger partial charge in [-0.2, -0.15) is 6.41 Å². The Morgan fingerprint density at radius 2 is 1.58 bits per heavy atom. The van der Waals surface area contributed by atoms with Crippen LogP contribution in [-0.2, 0) is 14.3 Å². The van der Waals surface area contributed by atoms with Gasteiger partial charge in [0.2, 0.25) is 0 Å². The molecule has 19 heavy (non-hydrogen) atoms. The third-order valence-corrected chi connectivity index (χ3v) is 2.22. The van der Waals surface area contributed by atoms with Gasteiger partial charge in [0.1, 0.15) is 6.61 Å². The van der Waals surface area contributed by atoms with Gasteiger partial charge in [-0.15, -0.1) is 0 Å². The summed E-state index contributed by atoms with van der Waals surface area (Å²) >= 11 is 0. The van der Waals surface area contributed by atoms with Crippen molar-refractivity contribution < 1.29 is 65.7 Å². The summed E-state index contributed by atoms with van der Waals surface area (Å²) in [5, 5.41) is 2.52. The Morgan fingerprint density at radius 1 is 1.05 bits per heavy atom. The molecule has 0 unspecified atom stereocenters. The minimum atomic E-state index is 0. The number of hydrogen-bond acceptors (Lipinski definition) is 3. The quantitative estimate of drug-likeness (QED) is 0.231. The number of unbranched alkanes of at least 4 members (excludes halogenated alkanes) is 5. The van der Waals surface area contributed by atoms with Crippen molar-refractivity contribution in [2.75, 3.05) is 19.8 Å². The zero-order chi connectivity index (χ0) is 14.1. The van der Waals surface area contributed by atoms with E-state index in [1.807, 2.05) is 13.8 Å². The summed E-state index contributed by atoms with van der Waals surface area (Å²) < 4.78 is 5.15. The topological polar surface area (TPSA) is 55.4 Å². The van der Waals surface area contributed by atoms with Crippen LogP contribution in [0.3, 0.4) is 0 Å². The largest absolute Gasteiger partial charge is 1.00 e. The summed E-state index contributed by atoms with van der Waals surface area (Å²) in [4.78, 5) is 20.4. The maximum atomic E-state index is 10.5. The van der Waals surface area contributed by atoms with Crippen LogP contribution in [0.5, 0.6) is 0 Å². The van der Waals surface area contributed by atoms with Gasteiger partial charge >= 0.3 is 51.4 Å². The van der Waals surface area contributed by atoms with Crippen molar-refractivity contribution in [3.05, 3.63) is 0 Å². The van der Waals surface area contributed by atoms with E-state index in [2.05, 4.69) is 5.32 Å². The van der Waals surface area contributed by atoms with E-state index in [0.29, 0.717) is 6.61 Å². The fourth-order valence-corrected chi connectivity index (χ4v) is 1.39. The second kappa shape index (κ2) is 23.8. The number of Topliss-reactive ketones (excluding diaryl/α,β-unsaturated/α-hetero) is 1. The molecule has 0 aromatic rings. The molecule has 0 aromatic carbocycles. The van der Waals surface area contributed by atoms with E-state index in [1.165, 1.54) is 19.8 Å². The Kier molecular flexibility index (Phi) is 31.0. The van der Waals surface area contributed by atoms with Crippen molar-refractivity contribution in [1.82, 2.24) is 5.32 Å². The summed E-state index contributed by atoms with van der Waals surface area (Å²) in [6.07, 6.45) is 8.37. The van der Waals surface area contributed by atoms with E-state index in [9.17, 15) is 9.59 Å². The zero-order valence-corrected chi connectivity index (χ0v) is 16.2. The van der Waals surface area contributed by atoms with Crippen LogP contribution in [0.25, 0.3) is 0 Å². The molecule has 0 aliphatic rings. The SMILES string of the molecule is CC.CC(=O)COCCCCCCCCN[C-]=O.[K+]. The third kappa shape index (κ3) is 27.8. The molecule has 0 radical (unpaired) electrons. The molecule has 0 saturated heterocycles. The second-order valence-electron chi connectivity index (χ2n) is 3.90. The van der Waals surface area contributed by atoms with Crippen LogP contribution in [0.2, 0.25) is 0 Å². The van der Waals surface area contributed by atoms with Gasteiger partial charge in [-0.25, -0.2) is 0 Å². The van der Waals surface area contributed by atoms with E-state index in [0.717, 1.165) is 32.2 Å². The first-order chi connectivity index (χ1) is 8.77. The van der Waals surface area contributed by atoms with Crippen LogP contribution >= 0.6 is 0 Å². The van der Waals surface area contributed by atoms with E-state index in [1.54, 1.807) is 6.41 Å². The maximum absolute atomic E-state index is 10.5.